The largest absolute Gasteiger partial charge is 0.466 e. The van der Waals surface area contributed by atoms with Crippen LogP contribution in [0.4, 0.5) is 0 Å². The first-order chi connectivity index (χ1) is 17.5. The van der Waals surface area contributed by atoms with Crippen molar-refractivity contribution in [1.29, 1.82) is 0 Å². The van der Waals surface area contributed by atoms with E-state index in [4.69, 9.17) is 0 Å². The van der Waals surface area contributed by atoms with E-state index < -0.39 is 0 Å². The van der Waals surface area contributed by atoms with Gasteiger partial charge in [-0.1, -0.05) is 94.1 Å². The molecule has 2 N–H and O–H groups in total. The van der Waals surface area contributed by atoms with Crippen LogP contribution in [0.25, 0.3) is 0 Å². The van der Waals surface area contributed by atoms with Crippen molar-refractivity contribution in [2.75, 3.05) is 6.61 Å². The molecule has 3 rings (SSSR count). The Morgan fingerprint density at radius 3 is 2.28 bits per heavy atom. The molecular formula is C29H41N3O3S. The third kappa shape index (κ3) is 15.7. The molecular weight excluding hydrogens is 470 g/mol. The molecule has 7 heteroatoms. The lowest BCUT2D eigenvalue weighted by atomic mass is 10.2. The highest BCUT2D eigenvalue weighted by atomic mass is 32.2. The molecule has 2 aromatic carbocycles. The first kappa shape index (κ1) is 32.8. The molecule has 1 amide bonds. The second-order valence-electron chi connectivity index (χ2n) is 6.92. The number of nitrogens with one attached hydrogen (secondary N) is 2. The van der Waals surface area contributed by atoms with Crippen LogP contribution in [0.2, 0.25) is 0 Å². The summed E-state index contributed by atoms with van der Waals surface area (Å²) in [6, 6.07) is 18.2. The van der Waals surface area contributed by atoms with Crippen molar-refractivity contribution in [2.24, 2.45) is 4.99 Å². The molecule has 0 aromatic heterocycles. The Kier molecular flexibility index (Phi) is 20.4. The van der Waals surface area contributed by atoms with Crippen molar-refractivity contribution in [3.8, 4) is 0 Å². The van der Waals surface area contributed by atoms with Crippen molar-refractivity contribution in [3.05, 3.63) is 89.5 Å². The number of carbonyl (C=O) groups excluding carboxylic acids is 2. The molecule has 0 unspecified atom stereocenters. The van der Waals surface area contributed by atoms with E-state index in [0.717, 1.165) is 17.7 Å². The number of fused-ring (bicyclic) bond motifs is 1. The van der Waals surface area contributed by atoms with Gasteiger partial charge in [0.05, 0.1) is 6.61 Å². The van der Waals surface area contributed by atoms with Crippen LogP contribution in [0.3, 0.4) is 0 Å². The Morgan fingerprint density at radius 1 is 1.03 bits per heavy atom. The summed E-state index contributed by atoms with van der Waals surface area (Å²) in [7, 11) is 0. The van der Waals surface area contributed by atoms with Gasteiger partial charge in [0.1, 0.15) is 0 Å². The number of esters is 1. The Morgan fingerprint density at radius 2 is 1.69 bits per heavy atom. The zero-order valence-electron chi connectivity index (χ0n) is 22.3. The molecule has 0 spiro atoms. The fraction of sp³-hybridized carbons (Fsp3) is 0.345. The number of rotatable bonds is 8. The lowest BCUT2D eigenvalue weighted by molar-refractivity contribution is -0.142. The van der Waals surface area contributed by atoms with Gasteiger partial charge in [-0.3, -0.25) is 20.0 Å². The number of carbonyl (C=O) groups is 2. The van der Waals surface area contributed by atoms with E-state index in [1.165, 1.54) is 10.5 Å². The fourth-order valence-corrected chi connectivity index (χ4v) is 3.37. The average molecular weight is 512 g/mol. The molecule has 0 fully saturated rings. The number of hydrazine groups is 1. The third-order valence-corrected chi connectivity index (χ3v) is 5.28. The predicted octanol–water partition coefficient (Wildman–Crippen LogP) is 6.83. The molecule has 0 saturated heterocycles. The Labute approximate surface area is 221 Å². The predicted molar refractivity (Wildman–Crippen MR) is 153 cm³/mol. The highest BCUT2D eigenvalue weighted by Gasteiger charge is 2.03. The van der Waals surface area contributed by atoms with Crippen molar-refractivity contribution < 1.29 is 14.3 Å². The van der Waals surface area contributed by atoms with Crippen LogP contribution in [-0.2, 0) is 20.9 Å². The molecule has 0 saturated carbocycles. The van der Waals surface area contributed by atoms with Crippen LogP contribution in [0.5, 0.6) is 0 Å². The van der Waals surface area contributed by atoms with Gasteiger partial charge in [-0.2, -0.15) is 0 Å². The number of allylic oxidation sites excluding steroid dienone is 1. The topological polar surface area (TPSA) is 79.8 Å². The highest BCUT2D eigenvalue weighted by Crippen LogP contribution is 2.27. The second kappa shape index (κ2) is 22.3. The fourth-order valence-electron chi connectivity index (χ4n) is 2.47. The van der Waals surface area contributed by atoms with E-state index >= 15 is 0 Å². The molecule has 0 bridgehead atoms. The smallest absolute Gasteiger partial charge is 0.305 e. The minimum atomic E-state index is -0.123. The number of aliphatic imine (C=N–C) groups is 1. The van der Waals surface area contributed by atoms with Crippen molar-refractivity contribution >= 4 is 29.9 Å². The molecule has 0 aliphatic carbocycles. The summed E-state index contributed by atoms with van der Waals surface area (Å²) in [5.41, 5.74) is 8.91. The van der Waals surface area contributed by atoms with Gasteiger partial charge in [0, 0.05) is 41.8 Å². The number of amides is 1. The highest BCUT2D eigenvalue weighted by molar-refractivity contribution is 8.02. The summed E-state index contributed by atoms with van der Waals surface area (Å²) in [6.45, 7) is 14.3. The van der Waals surface area contributed by atoms with Crippen LogP contribution >= 0.6 is 11.8 Å². The number of benzene rings is 2. The molecule has 0 radical (unpaired) electrons. The number of thioether (sulfide) groups is 1. The summed E-state index contributed by atoms with van der Waals surface area (Å²) in [6.07, 6.45) is 5.33. The van der Waals surface area contributed by atoms with Crippen molar-refractivity contribution in [3.63, 3.8) is 0 Å². The number of hydrogen-bond acceptors (Lipinski definition) is 6. The maximum absolute atomic E-state index is 11.0. The average Bonchev–Trinajstić information content (AvgIpc) is 3.14. The van der Waals surface area contributed by atoms with Gasteiger partial charge in [0.25, 0.3) is 0 Å². The van der Waals surface area contributed by atoms with Crippen LogP contribution in [-0.4, -0.2) is 24.7 Å². The summed E-state index contributed by atoms with van der Waals surface area (Å²) in [5.74, 6) is -0.196. The van der Waals surface area contributed by atoms with Crippen molar-refractivity contribution in [1.82, 2.24) is 10.9 Å². The van der Waals surface area contributed by atoms with E-state index in [-0.39, 0.29) is 11.9 Å². The molecule has 0 atom stereocenters. The van der Waals surface area contributed by atoms with Crippen LogP contribution < -0.4 is 10.9 Å². The molecule has 6 nitrogen and oxygen atoms in total. The van der Waals surface area contributed by atoms with Gasteiger partial charge in [-0.15, -0.1) is 6.58 Å². The maximum Gasteiger partial charge on any atom is 0.305 e. The number of nitrogens with zero attached hydrogens (tertiary/aromatic N) is 1. The first-order valence-electron chi connectivity index (χ1n) is 12.3. The van der Waals surface area contributed by atoms with E-state index in [1.807, 2.05) is 56.5 Å². The zero-order chi connectivity index (χ0) is 27.0. The Hall–Kier alpha value is -3.16. The van der Waals surface area contributed by atoms with Crippen LogP contribution in [0.1, 0.15) is 65.0 Å². The van der Waals surface area contributed by atoms with E-state index in [2.05, 4.69) is 57.7 Å². The second-order valence-corrected chi connectivity index (χ2v) is 7.83. The van der Waals surface area contributed by atoms with E-state index in [0.29, 0.717) is 26.0 Å². The van der Waals surface area contributed by atoms with E-state index in [9.17, 15) is 9.59 Å². The Bertz CT molecular complexity index is 944. The zero-order valence-corrected chi connectivity index (χ0v) is 23.1. The maximum atomic E-state index is 11.0. The minimum absolute atomic E-state index is 0.0732. The van der Waals surface area contributed by atoms with Gasteiger partial charge in [-0.05, 0) is 30.4 Å². The van der Waals surface area contributed by atoms with Gasteiger partial charge in [0.2, 0.25) is 5.91 Å². The van der Waals surface area contributed by atoms with E-state index in [1.54, 1.807) is 31.7 Å². The minimum Gasteiger partial charge on any atom is -0.466 e. The molecule has 1 aliphatic rings. The number of hydrogen-bond donors (Lipinski definition) is 2. The standard InChI is InChI=1S/C11H14N2O.C11H11NS.C5H10O2.C2H6/c1-2-6-11(14)13-12-9-10-7-4-3-5-8-10;1-2-10-8-13-11-6-4-3-5-9(11)7-12-10;1-3-5(6)7-4-2;1-2/h2-5,7-8,12H,1,6,9H2,(H,13,14);3-8H,2H2,1H3;3-4H2,1-2H3;1-2H3. The summed E-state index contributed by atoms with van der Waals surface area (Å²) < 4.78 is 4.55. The van der Waals surface area contributed by atoms with Gasteiger partial charge < -0.3 is 4.74 Å². The summed E-state index contributed by atoms with van der Waals surface area (Å²) in [4.78, 5) is 26.9. The third-order valence-electron chi connectivity index (χ3n) is 4.26. The number of ether oxygens (including phenoxy) is 1. The van der Waals surface area contributed by atoms with Crippen LogP contribution in [0.15, 0.2) is 88.2 Å². The lowest BCUT2D eigenvalue weighted by Crippen LogP contribution is -2.36. The van der Waals surface area contributed by atoms with Crippen LogP contribution in [0, 0.1) is 0 Å². The quantitative estimate of drug-likeness (QED) is 0.231. The molecule has 36 heavy (non-hydrogen) atoms. The summed E-state index contributed by atoms with van der Waals surface area (Å²) >= 11 is 1.76. The molecule has 1 aliphatic heterocycles. The lowest BCUT2D eigenvalue weighted by Gasteiger charge is -2.05. The monoisotopic (exact) mass is 511 g/mol. The van der Waals surface area contributed by atoms with Gasteiger partial charge in [-0.25, -0.2) is 5.43 Å². The normalized spacial score (nSPS) is 10.8. The SMILES string of the molecule is C=CCC(=O)NNCc1ccccc1.CC.CCC1=CSc2ccccc2C=N1.CCOC(=O)CC. The molecule has 1 heterocycles. The van der Waals surface area contributed by atoms with Gasteiger partial charge in [0.15, 0.2) is 0 Å². The molecule has 2 aromatic rings. The Balaban J connectivity index is 0.000000518. The first-order valence-corrected chi connectivity index (χ1v) is 13.2. The summed E-state index contributed by atoms with van der Waals surface area (Å²) in [5, 5.41) is 2.13. The van der Waals surface area contributed by atoms with Gasteiger partial charge >= 0.3 is 5.97 Å². The van der Waals surface area contributed by atoms with Crippen molar-refractivity contribution in [2.45, 2.75) is 65.3 Å². The molecule has 196 valence electrons.